The number of rotatable bonds is 5. The van der Waals surface area contributed by atoms with Crippen LogP contribution in [0.3, 0.4) is 0 Å². The molecule has 0 spiro atoms. The van der Waals surface area contributed by atoms with Gasteiger partial charge in [-0.05, 0) is 61.0 Å². The number of nitrogens with zero attached hydrogens (tertiary/aromatic N) is 3. The molecule has 0 aliphatic rings. The normalized spacial score (nSPS) is 11.8. The number of nitrogens with one attached hydrogen (secondary N) is 1. The van der Waals surface area contributed by atoms with Crippen molar-refractivity contribution >= 4 is 32.5 Å². The summed E-state index contributed by atoms with van der Waals surface area (Å²) in [6.07, 6.45) is 3.80. The molecular formula is C23H20N4O5S. The number of methoxy groups -OCH3 is 1. The van der Waals surface area contributed by atoms with Crippen LogP contribution in [0.4, 0.5) is 5.69 Å². The second-order valence-corrected chi connectivity index (χ2v) is 9.36. The fraction of sp³-hybridized carbons (Fsp3) is 0.130. The van der Waals surface area contributed by atoms with Crippen LogP contribution in [0, 0.1) is 6.92 Å². The van der Waals surface area contributed by atoms with Crippen LogP contribution < -0.4 is 15.2 Å². The van der Waals surface area contributed by atoms with Crippen molar-refractivity contribution in [3.05, 3.63) is 77.0 Å². The number of imidazole rings is 1. The Labute approximate surface area is 188 Å². The summed E-state index contributed by atoms with van der Waals surface area (Å²) in [6.45, 7) is 1.99. The summed E-state index contributed by atoms with van der Waals surface area (Å²) in [7, 11) is -1.01. The fourth-order valence-electron chi connectivity index (χ4n) is 3.65. The van der Waals surface area contributed by atoms with E-state index in [1.54, 1.807) is 12.1 Å². The molecule has 0 aliphatic heterocycles. The number of hydrogen-bond acceptors (Lipinski definition) is 6. The molecule has 33 heavy (non-hydrogen) atoms. The van der Waals surface area contributed by atoms with Gasteiger partial charge in [0, 0.05) is 25.0 Å². The lowest BCUT2D eigenvalue weighted by molar-refractivity contribution is 0.417. The van der Waals surface area contributed by atoms with E-state index in [9.17, 15) is 13.2 Å². The van der Waals surface area contributed by atoms with Crippen molar-refractivity contribution in [3.63, 3.8) is 0 Å². The maximum Gasteiger partial charge on any atom is 0.419 e. The summed E-state index contributed by atoms with van der Waals surface area (Å²) >= 11 is 0. The van der Waals surface area contributed by atoms with Gasteiger partial charge in [0.05, 0.1) is 28.9 Å². The Bertz CT molecular complexity index is 1700. The highest BCUT2D eigenvalue weighted by Crippen LogP contribution is 2.32. The van der Waals surface area contributed by atoms with E-state index in [2.05, 4.69) is 9.71 Å². The molecule has 9 nitrogen and oxygen atoms in total. The molecule has 0 saturated heterocycles. The number of aryl methyl sites for hydroxylation is 2. The third kappa shape index (κ3) is 3.64. The zero-order valence-electron chi connectivity index (χ0n) is 18.1. The molecular weight excluding hydrogens is 444 g/mol. The number of sulfonamides is 1. The summed E-state index contributed by atoms with van der Waals surface area (Å²) < 4.78 is 42.5. The zero-order chi connectivity index (χ0) is 23.3. The summed E-state index contributed by atoms with van der Waals surface area (Å²) in [4.78, 5) is 16.4. The fourth-order valence-corrected chi connectivity index (χ4v) is 4.73. The number of hydrogen-bond donors (Lipinski definition) is 1. The van der Waals surface area contributed by atoms with Crippen LogP contribution >= 0.6 is 0 Å². The van der Waals surface area contributed by atoms with Gasteiger partial charge in [0.25, 0.3) is 10.0 Å². The molecule has 0 saturated carbocycles. The maximum atomic E-state index is 13.2. The first-order valence-electron chi connectivity index (χ1n) is 10.0. The second-order valence-electron chi connectivity index (χ2n) is 7.67. The van der Waals surface area contributed by atoms with E-state index in [1.807, 2.05) is 41.9 Å². The van der Waals surface area contributed by atoms with Gasteiger partial charge in [-0.1, -0.05) is 0 Å². The Morgan fingerprint density at radius 2 is 1.91 bits per heavy atom. The quantitative estimate of drug-likeness (QED) is 0.426. The zero-order valence-corrected chi connectivity index (χ0v) is 18.9. The Morgan fingerprint density at radius 1 is 1.09 bits per heavy atom. The third-order valence-electron chi connectivity index (χ3n) is 5.43. The molecule has 0 amide bonds. The van der Waals surface area contributed by atoms with Gasteiger partial charge in [-0.15, -0.1) is 0 Å². The molecule has 3 heterocycles. The minimum Gasteiger partial charge on any atom is -0.495 e. The molecule has 5 aromatic rings. The van der Waals surface area contributed by atoms with Crippen LogP contribution in [0.15, 0.2) is 75.0 Å². The first-order valence-corrected chi connectivity index (χ1v) is 11.5. The highest BCUT2D eigenvalue weighted by molar-refractivity contribution is 7.92. The molecule has 168 valence electrons. The SMILES string of the molecule is COc1ccc(-c2cn3ccc(C)cc3n2)cc1NS(=O)(=O)c1ccc2oc(=O)n(C)c2c1. The van der Waals surface area contributed by atoms with Crippen molar-refractivity contribution in [1.29, 1.82) is 0 Å². The first kappa shape index (κ1) is 20.8. The van der Waals surface area contributed by atoms with Crippen molar-refractivity contribution in [1.82, 2.24) is 14.0 Å². The highest BCUT2D eigenvalue weighted by atomic mass is 32.2. The van der Waals surface area contributed by atoms with E-state index >= 15 is 0 Å². The van der Waals surface area contributed by atoms with Gasteiger partial charge >= 0.3 is 5.76 Å². The molecule has 0 aliphatic carbocycles. The first-order chi connectivity index (χ1) is 15.7. The topological polar surface area (TPSA) is 108 Å². The Morgan fingerprint density at radius 3 is 2.70 bits per heavy atom. The summed E-state index contributed by atoms with van der Waals surface area (Å²) in [5, 5.41) is 0. The summed E-state index contributed by atoms with van der Waals surface area (Å²) in [5.74, 6) is -0.205. The number of fused-ring (bicyclic) bond motifs is 2. The molecule has 0 fully saturated rings. The summed E-state index contributed by atoms with van der Waals surface area (Å²) in [6, 6.07) is 13.4. The molecule has 3 aromatic heterocycles. The lowest BCUT2D eigenvalue weighted by atomic mass is 10.1. The van der Waals surface area contributed by atoms with Crippen molar-refractivity contribution in [3.8, 4) is 17.0 Å². The van der Waals surface area contributed by atoms with E-state index in [-0.39, 0.29) is 10.6 Å². The molecule has 2 aromatic carbocycles. The van der Waals surface area contributed by atoms with Gasteiger partial charge in [0.2, 0.25) is 0 Å². The molecule has 0 unspecified atom stereocenters. The minimum atomic E-state index is -3.99. The van der Waals surface area contributed by atoms with Crippen LogP contribution in [-0.2, 0) is 17.1 Å². The summed E-state index contributed by atoms with van der Waals surface area (Å²) in [5.41, 5.74) is 4.26. The average molecular weight is 465 g/mol. The monoisotopic (exact) mass is 464 g/mol. The number of pyridine rings is 1. The number of ether oxygens (including phenoxy) is 1. The van der Waals surface area contributed by atoms with Gasteiger partial charge in [-0.3, -0.25) is 9.29 Å². The predicted octanol–water partition coefficient (Wildman–Crippen LogP) is 3.56. The second kappa shape index (κ2) is 7.52. The molecule has 0 radical (unpaired) electrons. The van der Waals surface area contributed by atoms with E-state index in [1.165, 1.54) is 36.9 Å². The van der Waals surface area contributed by atoms with E-state index < -0.39 is 15.8 Å². The number of anilines is 1. The molecule has 5 rings (SSSR count). The standard InChI is InChI=1S/C23H20N4O5S/c1-14-8-9-27-13-18(24-22(27)10-14)15-4-6-20(31-3)17(11-15)25-33(29,30)16-5-7-21-19(12-16)26(2)23(28)32-21/h4-13,25H,1-3H3. The van der Waals surface area contributed by atoms with Gasteiger partial charge < -0.3 is 13.6 Å². The maximum absolute atomic E-state index is 13.2. The molecule has 0 bridgehead atoms. The predicted molar refractivity (Wildman–Crippen MR) is 124 cm³/mol. The van der Waals surface area contributed by atoms with E-state index in [4.69, 9.17) is 9.15 Å². The van der Waals surface area contributed by atoms with Gasteiger partial charge in [0.1, 0.15) is 11.4 Å². The van der Waals surface area contributed by atoms with Crippen LogP contribution in [0.5, 0.6) is 5.75 Å². The third-order valence-corrected chi connectivity index (χ3v) is 6.79. The number of benzene rings is 2. The van der Waals surface area contributed by atoms with Crippen LogP contribution in [0.25, 0.3) is 28.0 Å². The lowest BCUT2D eigenvalue weighted by Crippen LogP contribution is -2.14. The largest absolute Gasteiger partial charge is 0.495 e. The Kier molecular flexibility index (Phi) is 4.75. The Hall–Kier alpha value is -4.05. The Balaban J connectivity index is 1.55. The number of oxazole rings is 1. The lowest BCUT2D eigenvalue weighted by Gasteiger charge is -2.13. The minimum absolute atomic E-state index is 0.0120. The van der Waals surface area contributed by atoms with Crippen molar-refractivity contribution in [2.75, 3.05) is 11.8 Å². The van der Waals surface area contributed by atoms with Crippen LogP contribution in [0.1, 0.15) is 5.56 Å². The van der Waals surface area contributed by atoms with Gasteiger partial charge in [-0.25, -0.2) is 18.2 Å². The molecule has 1 N–H and O–H groups in total. The smallest absolute Gasteiger partial charge is 0.419 e. The van der Waals surface area contributed by atoms with Gasteiger partial charge in [0.15, 0.2) is 5.58 Å². The van der Waals surface area contributed by atoms with Crippen LogP contribution in [-0.4, -0.2) is 29.5 Å². The average Bonchev–Trinajstić information content (AvgIpc) is 3.33. The van der Waals surface area contributed by atoms with Crippen molar-refractivity contribution in [2.24, 2.45) is 7.05 Å². The van der Waals surface area contributed by atoms with E-state index in [0.29, 0.717) is 22.5 Å². The number of aromatic nitrogens is 3. The van der Waals surface area contributed by atoms with Crippen molar-refractivity contribution < 1.29 is 17.6 Å². The highest BCUT2D eigenvalue weighted by Gasteiger charge is 2.20. The molecule has 10 heteroatoms. The molecule has 0 atom stereocenters. The van der Waals surface area contributed by atoms with Gasteiger partial charge in [-0.2, -0.15) is 0 Å². The van der Waals surface area contributed by atoms with Crippen molar-refractivity contribution in [2.45, 2.75) is 11.8 Å². The van der Waals surface area contributed by atoms with E-state index in [0.717, 1.165) is 16.8 Å². The van der Waals surface area contributed by atoms with Crippen LogP contribution in [0.2, 0.25) is 0 Å².